The molecular formula is C22H26N4O4S. The zero-order valence-electron chi connectivity index (χ0n) is 17.3. The van der Waals surface area contributed by atoms with E-state index in [4.69, 9.17) is 0 Å². The van der Waals surface area contributed by atoms with Crippen molar-refractivity contribution in [3.63, 3.8) is 0 Å². The highest BCUT2D eigenvalue weighted by Crippen LogP contribution is 2.23. The molecule has 0 bridgehead atoms. The van der Waals surface area contributed by atoms with Crippen molar-refractivity contribution >= 4 is 27.5 Å². The summed E-state index contributed by atoms with van der Waals surface area (Å²) in [4.78, 5) is 26.7. The second-order valence-electron chi connectivity index (χ2n) is 8.20. The second kappa shape index (κ2) is 8.68. The number of carbonyl (C=O) groups excluding carboxylic acids is 2. The molecule has 0 aromatic heterocycles. The van der Waals surface area contributed by atoms with Crippen LogP contribution in [0.15, 0.2) is 53.4 Å². The zero-order chi connectivity index (χ0) is 22.0. The van der Waals surface area contributed by atoms with Gasteiger partial charge in [0.05, 0.1) is 16.5 Å². The van der Waals surface area contributed by atoms with Gasteiger partial charge in [-0.2, -0.15) is 0 Å². The molecule has 1 saturated carbocycles. The fraction of sp³-hybridized carbons (Fsp3) is 0.364. The van der Waals surface area contributed by atoms with Gasteiger partial charge in [0.1, 0.15) is 0 Å². The molecule has 4 rings (SSSR count). The zero-order valence-corrected chi connectivity index (χ0v) is 18.1. The van der Waals surface area contributed by atoms with Gasteiger partial charge in [0.15, 0.2) is 0 Å². The van der Waals surface area contributed by atoms with Crippen LogP contribution in [0, 0.1) is 12.8 Å². The van der Waals surface area contributed by atoms with Gasteiger partial charge in [0.25, 0.3) is 0 Å². The summed E-state index contributed by atoms with van der Waals surface area (Å²) in [6, 6.07) is 14.2. The number of aryl methyl sites for hydroxylation is 1. The summed E-state index contributed by atoms with van der Waals surface area (Å²) in [6.07, 6.45) is 1.91. The first kappa shape index (κ1) is 21.3. The number of rotatable bonds is 8. The van der Waals surface area contributed by atoms with Gasteiger partial charge in [0.2, 0.25) is 21.8 Å². The number of sulfonamides is 1. The quantitative estimate of drug-likeness (QED) is 0.542. The minimum atomic E-state index is -3.51. The van der Waals surface area contributed by atoms with Crippen molar-refractivity contribution < 1.29 is 18.0 Å². The highest BCUT2D eigenvalue weighted by Gasteiger charge is 2.34. The van der Waals surface area contributed by atoms with Crippen molar-refractivity contribution in [2.24, 2.45) is 5.92 Å². The highest BCUT2D eigenvalue weighted by atomic mass is 32.2. The Labute approximate surface area is 182 Å². The average Bonchev–Trinajstić information content (AvgIpc) is 3.48. The third-order valence-corrected chi connectivity index (χ3v) is 7.01. The maximum Gasteiger partial charge on any atom is 0.243 e. The lowest BCUT2D eigenvalue weighted by atomic mass is 10.1. The summed E-state index contributed by atoms with van der Waals surface area (Å²) in [5, 5.41) is 0. The van der Waals surface area contributed by atoms with E-state index in [0.717, 1.165) is 24.0 Å². The minimum absolute atomic E-state index is 0.0431. The molecule has 9 heteroatoms. The third kappa shape index (κ3) is 5.42. The van der Waals surface area contributed by atoms with Crippen LogP contribution < -0.4 is 15.6 Å². The van der Waals surface area contributed by atoms with Crippen molar-refractivity contribution in [1.29, 1.82) is 0 Å². The van der Waals surface area contributed by atoms with E-state index in [1.54, 1.807) is 17.0 Å². The molecule has 31 heavy (non-hydrogen) atoms. The molecular weight excluding hydrogens is 416 g/mol. The molecule has 1 atom stereocenters. The molecule has 2 amide bonds. The molecule has 0 spiro atoms. The SMILES string of the molecule is Cc1ccc(CN2CC(C(=O)NNc3ccc(S(=O)(=O)NC4CC4)cc3)CC2=O)cc1. The van der Waals surface area contributed by atoms with Crippen LogP contribution >= 0.6 is 0 Å². The Morgan fingerprint density at radius 2 is 1.74 bits per heavy atom. The van der Waals surface area contributed by atoms with Gasteiger partial charge in [0, 0.05) is 25.6 Å². The fourth-order valence-electron chi connectivity index (χ4n) is 3.46. The van der Waals surface area contributed by atoms with E-state index in [1.807, 2.05) is 31.2 Å². The number of carbonyl (C=O) groups is 2. The smallest absolute Gasteiger partial charge is 0.243 e. The van der Waals surface area contributed by atoms with Crippen LogP contribution in [-0.2, 0) is 26.2 Å². The Balaban J connectivity index is 1.28. The third-order valence-electron chi connectivity index (χ3n) is 5.47. The molecule has 1 aliphatic carbocycles. The van der Waals surface area contributed by atoms with E-state index in [-0.39, 0.29) is 29.2 Å². The predicted molar refractivity (Wildman–Crippen MR) is 116 cm³/mol. The number of nitrogens with zero attached hydrogens (tertiary/aromatic N) is 1. The number of benzene rings is 2. The maximum absolute atomic E-state index is 12.5. The number of hydrogen-bond acceptors (Lipinski definition) is 5. The van der Waals surface area contributed by atoms with Crippen LogP contribution in [0.5, 0.6) is 0 Å². The molecule has 2 aliphatic rings. The van der Waals surface area contributed by atoms with Crippen LogP contribution in [0.1, 0.15) is 30.4 Å². The van der Waals surface area contributed by atoms with E-state index < -0.39 is 15.9 Å². The molecule has 1 heterocycles. The second-order valence-corrected chi connectivity index (χ2v) is 9.91. The van der Waals surface area contributed by atoms with Crippen LogP contribution in [0.4, 0.5) is 5.69 Å². The summed E-state index contributed by atoms with van der Waals surface area (Å²) >= 11 is 0. The van der Waals surface area contributed by atoms with Gasteiger partial charge in [-0.1, -0.05) is 29.8 Å². The average molecular weight is 443 g/mol. The number of likely N-dealkylation sites (tertiary alicyclic amines) is 1. The van der Waals surface area contributed by atoms with Gasteiger partial charge in [-0.15, -0.1) is 0 Å². The Hall–Kier alpha value is -2.91. The number of anilines is 1. The van der Waals surface area contributed by atoms with Gasteiger partial charge < -0.3 is 4.90 Å². The molecule has 1 saturated heterocycles. The van der Waals surface area contributed by atoms with E-state index in [2.05, 4.69) is 15.6 Å². The lowest BCUT2D eigenvalue weighted by Gasteiger charge is -2.17. The first-order chi connectivity index (χ1) is 14.8. The molecule has 164 valence electrons. The number of amides is 2. The summed E-state index contributed by atoms with van der Waals surface area (Å²) in [5.41, 5.74) is 8.16. The largest absolute Gasteiger partial charge is 0.338 e. The molecule has 2 aromatic carbocycles. The maximum atomic E-state index is 12.5. The Morgan fingerprint density at radius 3 is 2.39 bits per heavy atom. The van der Waals surface area contributed by atoms with Crippen molar-refractivity contribution in [2.45, 2.75) is 43.7 Å². The van der Waals surface area contributed by atoms with E-state index in [9.17, 15) is 18.0 Å². The normalized spacial score (nSPS) is 18.8. The molecule has 3 N–H and O–H groups in total. The van der Waals surface area contributed by atoms with Crippen molar-refractivity contribution in [2.75, 3.05) is 12.0 Å². The lowest BCUT2D eigenvalue weighted by molar-refractivity contribution is -0.129. The first-order valence-corrected chi connectivity index (χ1v) is 11.8. The Morgan fingerprint density at radius 1 is 1.06 bits per heavy atom. The molecule has 1 aliphatic heterocycles. The molecule has 0 radical (unpaired) electrons. The van der Waals surface area contributed by atoms with Crippen molar-refractivity contribution in [3.05, 3.63) is 59.7 Å². The number of hydrogen-bond donors (Lipinski definition) is 3. The molecule has 2 aromatic rings. The van der Waals surface area contributed by atoms with Gasteiger partial charge in [-0.3, -0.25) is 20.4 Å². The highest BCUT2D eigenvalue weighted by molar-refractivity contribution is 7.89. The topological polar surface area (TPSA) is 108 Å². The van der Waals surface area contributed by atoms with Gasteiger partial charge >= 0.3 is 0 Å². The summed E-state index contributed by atoms with van der Waals surface area (Å²) in [7, 11) is -3.51. The minimum Gasteiger partial charge on any atom is -0.338 e. The summed E-state index contributed by atoms with van der Waals surface area (Å²) in [6.45, 7) is 2.86. The standard InChI is InChI=1S/C22H26N4O4S/c1-15-2-4-16(5-3-15)13-26-14-17(12-21(26)27)22(28)24-23-18-8-10-20(11-9-18)31(29,30)25-19-6-7-19/h2-5,8-11,17,19,23,25H,6-7,12-14H2,1H3,(H,24,28). The van der Waals surface area contributed by atoms with Crippen molar-refractivity contribution in [1.82, 2.24) is 15.0 Å². The number of nitrogens with one attached hydrogen (secondary N) is 3. The molecule has 2 fully saturated rings. The van der Waals surface area contributed by atoms with E-state index >= 15 is 0 Å². The Bertz CT molecular complexity index is 1060. The monoisotopic (exact) mass is 442 g/mol. The summed E-state index contributed by atoms with van der Waals surface area (Å²) in [5.74, 6) is -0.752. The molecule has 1 unspecified atom stereocenters. The van der Waals surface area contributed by atoms with Crippen LogP contribution in [0.3, 0.4) is 0 Å². The predicted octanol–water partition coefficient (Wildman–Crippen LogP) is 1.93. The van der Waals surface area contributed by atoms with Gasteiger partial charge in [-0.25, -0.2) is 13.1 Å². The first-order valence-electron chi connectivity index (χ1n) is 10.3. The lowest BCUT2D eigenvalue weighted by Crippen LogP contribution is -2.36. The van der Waals surface area contributed by atoms with E-state index in [0.29, 0.717) is 18.8 Å². The summed E-state index contributed by atoms with van der Waals surface area (Å²) < 4.78 is 27.0. The van der Waals surface area contributed by atoms with Crippen molar-refractivity contribution in [3.8, 4) is 0 Å². The van der Waals surface area contributed by atoms with Crippen LogP contribution in [0.25, 0.3) is 0 Å². The molecule has 8 nitrogen and oxygen atoms in total. The Kier molecular flexibility index (Phi) is 5.97. The fourth-order valence-corrected chi connectivity index (χ4v) is 4.76. The van der Waals surface area contributed by atoms with Crippen LogP contribution in [0.2, 0.25) is 0 Å². The van der Waals surface area contributed by atoms with Crippen LogP contribution in [-0.4, -0.2) is 37.7 Å². The van der Waals surface area contributed by atoms with Gasteiger partial charge in [-0.05, 0) is 49.6 Å². The van der Waals surface area contributed by atoms with E-state index in [1.165, 1.54) is 12.1 Å². The number of hydrazine groups is 1.